The quantitative estimate of drug-likeness (QED) is 0.504. The molecule has 1 atom stereocenters. The van der Waals surface area contributed by atoms with Crippen LogP contribution in [0.3, 0.4) is 0 Å². The van der Waals surface area contributed by atoms with Crippen LogP contribution in [-0.4, -0.2) is 36.4 Å². The van der Waals surface area contributed by atoms with Crippen molar-refractivity contribution in [1.29, 1.82) is 0 Å². The summed E-state index contributed by atoms with van der Waals surface area (Å²) in [7, 11) is 1.62. The minimum Gasteiger partial charge on any atom is -0.497 e. The lowest BCUT2D eigenvalue weighted by molar-refractivity contribution is -0.140. The highest BCUT2D eigenvalue weighted by atomic mass is 16.5. The van der Waals surface area contributed by atoms with Crippen LogP contribution in [0, 0.1) is 0 Å². The summed E-state index contributed by atoms with van der Waals surface area (Å²) >= 11 is 0. The molecule has 3 rings (SSSR count). The Morgan fingerprint density at radius 3 is 2.56 bits per heavy atom. The van der Waals surface area contributed by atoms with Gasteiger partial charge in [0, 0.05) is 19.5 Å². The summed E-state index contributed by atoms with van der Waals surface area (Å²) in [6.45, 7) is 4.75. The lowest BCUT2D eigenvalue weighted by Gasteiger charge is -2.29. The van der Waals surface area contributed by atoms with Crippen molar-refractivity contribution >= 4 is 22.6 Å². The molecular weight excluding hydrogens is 400 g/mol. The van der Waals surface area contributed by atoms with E-state index >= 15 is 0 Å². The lowest BCUT2D eigenvalue weighted by Crippen LogP contribution is -2.47. The van der Waals surface area contributed by atoms with E-state index in [9.17, 15) is 9.59 Å². The molecule has 168 valence electrons. The van der Waals surface area contributed by atoms with E-state index in [2.05, 4.69) is 29.6 Å². The van der Waals surface area contributed by atoms with Crippen LogP contribution in [-0.2, 0) is 22.6 Å². The molecule has 0 spiro atoms. The van der Waals surface area contributed by atoms with Gasteiger partial charge in [-0.3, -0.25) is 9.59 Å². The molecule has 5 heteroatoms. The van der Waals surface area contributed by atoms with E-state index in [4.69, 9.17) is 4.74 Å². The number of carbonyl (C=O) groups excluding carboxylic acids is 2. The largest absolute Gasteiger partial charge is 0.497 e. The van der Waals surface area contributed by atoms with Crippen molar-refractivity contribution in [2.75, 3.05) is 13.7 Å². The van der Waals surface area contributed by atoms with Crippen molar-refractivity contribution in [3.63, 3.8) is 0 Å². The van der Waals surface area contributed by atoms with Crippen molar-refractivity contribution in [3.8, 4) is 5.75 Å². The molecule has 32 heavy (non-hydrogen) atoms. The number of methoxy groups -OCH3 is 1. The van der Waals surface area contributed by atoms with Gasteiger partial charge >= 0.3 is 0 Å². The third-order valence-corrected chi connectivity index (χ3v) is 5.69. The van der Waals surface area contributed by atoms with Gasteiger partial charge in [0.1, 0.15) is 11.8 Å². The third-order valence-electron chi connectivity index (χ3n) is 5.69. The number of carbonyl (C=O) groups is 2. The second kappa shape index (κ2) is 11.3. The van der Waals surface area contributed by atoms with Crippen LogP contribution in [0.15, 0.2) is 66.7 Å². The second-order valence-electron chi connectivity index (χ2n) is 7.98. The first-order valence-electron chi connectivity index (χ1n) is 11.2. The van der Waals surface area contributed by atoms with Crippen LogP contribution in [0.25, 0.3) is 10.8 Å². The molecule has 0 aromatic heterocycles. The molecule has 3 aromatic carbocycles. The first kappa shape index (κ1) is 23.3. The summed E-state index contributed by atoms with van der Waals surface area (Å²) in [6.07, 6.45) is 1.81. The molecule has 0 saturated carbocycles. The Hall–Kier alpha value is -3.34. The summed E-state index contributed by atoms with van der Waals surface area (Å²) < 4.78 is 5.32. The number of hydrogen-bond acceptors (Lipinski definition) is 3. The smallest absolute Gasteiger partial charge is 0.242 e. The second-order valence-corrected chi connectivity index (χ2v) is 7.98. The van der Waals surface area contributed by atoms with Gasteiger partial charge in [0.15, 0.2) is 0 Å². The van der Waals surface area contributed by atoms with Gasteiger partial charge in [0.25, 0.3) is 0 Å². The molecule has 0 heterocycles. The van der Waals surface area contributed by atoms with Gasteiger partial charge in [-0.2, -0.15) is 0 Å². The molecule has 3 aromatic rings. The predicted molar refractivity (Wildman–Crippen MR) is 129 cm³/mol. The van der Waals surface area contributed by atoms with Crippen molar-refractivity contribution in [2.24, 2.45) is 0 Å². The first-order chi connectivity index (χ1) is 15.5. The fraction of sp³-hybridized carbons (Fsp3) is 0.333. The Morgan fingerprint density at radius 2 is 1.78 bits per heavy atom. The number of nitrogens with one attached hydrogen (secondary N) is 1. The fourth-order valence-electron chi connectivity index (χ4n) is 3.84. The zero-order valence-corrected chi connectivity index (χ0v) is 19.1. The third kappa shape index (κ3) is 5.88. The molecule has 0 aliphatic rings. The van der Waals surface area contributed by atoms with E-state index in [1.54, 1.807) is 18.9 Å². The number of ether oxygens (including phenoxy) is 1. The topological polar surface area (TPSA) is 58.6 Å². The predicted octanol–water partition coefficient (Wildman–Crippen LogP) is 4.72. The van der Waals surface area contributed by atoms with Crippen LogP contribution in [0.4, 0.5) is 0 Å². The Morgan fingerprint density at radius 1 is 1.03 bits per heavy atom. The van der Waals surface area contributed by atoms with E-state index in [0.717, 1.165) is 34.1 Å². The number of benzene rings is 3. The number of amides is 2. The molecule has 5 nitrogen and oxygen atoms in total. The minimum absolute atomic E-state index is 0.0418. The highest BCUT2D eigenvalue weighted by Crippen LogP contribution is 2.21. The number of rotatable bonds is 10. The fourth-order valence-corrected chi connectivity index (χ4v) is 3.84. The monoisotopic (exact) mass is 432 g/mol. The maximum atomic E-state index is 13.3. The Bertz CT molecular complexity index is 1060. The summed E-state index contributed by atoms with van der Waals surface area (Å²) in [6, 6.07) is 21.4. The molecule has 0 aliphatic heterocycles. The SMILES string of the molecule is CCCNC(=O)[C@@H](C)N(Cc1cccc(OC)c1)C(=O)CCc1cccc2ccccc12. The molecule has 1 N–H and O–H groups in total. The molecule has 0 fully saturated rings. The number of aryl methyl sites for hydroxylation is 1. The van der Waals surface area contributed by atoms with Crippen molar-refractivity contribution in [2.45, 2.75) is 45.7 Å². The maximum Gasteiger partial charge on any atom is 0.242 e. The van der Waals surface area contributed by atoms with E-state index in [1.807, 2.05) is 49.4 Å². The van der Waals surface area contributed by atoms with Crippen molar-refractivity contribution in [1.82, 2.24) is 10.2 Å². The Kier molecular flexibility index (Phi) is 8.26. The van der Waals surface area contributed by atoms with Gasteiger partial charge < -0.3 is 15.0 Å². The van der Waals surface area contributed by atoms with Gasteiger partial charge in [-0.25, -0.2) is 0 Å². The van der Waals surface area contributed by atoms with Crippen LogP contribution in [0.2, 0.25) is 0 Å². The van der Waals surface area contributed by atoms with Crippen molar-refractivity contribution in [3.05, 3.63) is 77.9 Å². The number of hydrogen-bond donors (Lipinski definition) is 1. The van der Waals surface area contributed by atoms with Crippen LogP contribution < -0.4 is 10.1 Å². The average Bonchev–Trinajstić information content (AvgIpc) is 2.84. The first-order valence-corrected chi connectivity index (χ1v) is 11.2. The molecule has 2 amide bonds. The summed E-state index contributed by atoms with van der Waals surface area (Å²) in [5.41, 5.74) is 2.07. The van der Waals surface area contributed by atoms with Crippen LogP contribution >= 0.6 is 0 Å². The molecular formula is C27H32N2O3. The zero-order chi connectivity index (χ0) is 22.9. The summed E-state index contributed by atoms with van der Waals surface area (Å²) in [4.78, 5) is 27.7. The van der Waals surface area contributed by atoms with Gasteiger partial charge in [-0.15, -0.1) is 0 Å². The summed E-state index contributed by atoms with van der Waals surface area (Å²) in [5.74, 6) is 0.557. The Labute approximate surface area is 190 Å². The normalized spacial score (nSPS) is 11.7. The van der Waals surface area contributed by atoms with Gasteiger partial charge in [-0.1, -0.05) is 61.5 Å². The van der Waals surface area contributed by atoms with E-state index in [1.165, 1.54) is 0 Å². The van der Waals surface area contributed by atoms with Crippen LogP contribution in [0.1, 0.15) is 37.8 Å². The summed E-state index contributed by atoms with van der Waals surface area (Å²) in [5, 5.41) is 5.24. The Balaban J connectivity index is 1.79. The molecule has 0 aliphatic carbocycles. The molecule has 0 bridgehead atoms. The average molecular weight is 433 g/mol. The standard InChI is InChI=1S/C27H32N2O3/c1-4-17-28-27(31)20(2)29(19-21-9-7-13-24(18-21)32-3)26(30)16-15-23-12-8-11-22-10-5-6-14-25(22)23/h5-14,18,20H,4,15-17,19H2,1-3H3,(H,28,31)/t20-/m1/s1. The molecule has 0 saturated heterocycles. The molecule has 0 unspecified atom stereocenters. The molecule has 0 radical (unpaired) electrons. The van der Waals surface area contributed by atoms with Gasteiger partial charge in [0.2, 0.25) is 11.8 Å². The van der Waals surface area contributed by atoms with E-state index < -0.39 is 6.04 Å². The van der Waals surface area contributed by atoms with E-state index in [0.29, 0.717) is 25.9 Å². The van der Waals surface area contributed by atoms with Crippen molar-refractivity contribution < 1.29 is 14.3 Å². The highest BCUT2D eigenvalue weighted by molar-refractivity contribution is 5.88. The minimum atomic E-state index is -0.562. The maximum absolute atomic E-state index is 13.3. The van der Waals surface area contributed by atoms with Gasteiger partial charge in [-0.05, 0) is 53.8 Å². The number of nitrogens with zero attached hydrogens (tertiary/aromatic N) is 1. The highest BCUT2D eigenvalue weighted by Gasteiger charge is 2.26. The lowest BCUT2D eigenvalue weighted by atomic mass is 10.0. The van der Waals surface area contributed by atoms with Gasteiger partial charge in [0.05, 0.1) is 7.11 Å². The zero-order valence-electron chi connectivity index (χ0n) is 19.1. The van der Waals surface area contributed by atoms with Crippen LogP contribution in [0.5, 0.6) is 5.75 Å². The van der Waals surface area contributed by atoms with E-state index in [-0.39, 0.29) is 11.8 Å². The number of fused-ring (bicyclic) bond motifs is 1.